The number of anilines is 1. The summed E-state index contributed by atoms with van der Waals surface area (Å²) < 4.78 is 8.52. The molecule has 0 saturated heterocycles. The van der Waals surface area contributed by atoms with Gasteiger partial charge in [-0.05, 0) is 29.4 Å². The highest BCUT2D eigenvalue weighted by molar-refractivity contribution is 5.81. The van der Waals surface area contributed by atoms with Crippen molar-refractivity contribution < 1.29 is 9.32 Å². The van der Waals surface area contributed by atoms with Crippen molar-refractivity contribution in [3.8, 4) is 0 Å². The molecule has 0 aliphatic heterocycles. The molecular formula is C25H26N8O3. The fourth-order valence-electron chi connectivity index (χ4n) is 5.00. The zero-order valence-corrected chi connectivity index (χ0v) is 20.3. The number of amides is 1. The lowest BCUT2D eigenvalue weighted by Crippen LogP contribution is -2.29. The highest BCUT2D eigenvalue weighted by atomic mass is 16.5. The van der Waals surface area contributed by atoms with Crippen LogP contribution in [0.2, 0.25) is 0 Å². The van der Waals surface area contributed by atoms with Gasteiger partial charge in [-0.1, -0.05) is 41.6 Å². The van der Waals surface area contributed by atoms with Gasteiger partial charge in [-0.2, -0.15) is 9.97 Å². The van der Waals surface area contributed by atoms with Gasteiger partial charge in [0.05, 0.1) is 6.54 Å². The molecule has 3 atom stereocenters. The zero-order chi connectivity index (χ0) is 25.0. The maximum absolute atomic E-state index is 13.2. The summed E-state index contributed by atoms with van der Waals surface area (Å²) in [6.45, 7) is 0.184. The van der Waals surface area contributed by atoms with Gasteiger partial charge in [-0.15, -0.1) is 0 Å². The number of aryl methyl sites for hydroxylation is 1. The van der Waals surface area contributed by atoms with Gasteiger partial charge < -0.3 is 19.3 Å². The van der Waals surface area contributed by atoms with Crippen LogP contribution in [-0.4, -0.2) is 60.7 Å². The Morgan fingerprint density at radius 3 is 2.75 bits per heavy atom. The zero-order valence-electron chi connectivity index (χ0n) is 20.3. The first-order chi connectivity index (χ1) is 17.4. The predicted molar refractivity (Wildman–Crippen MR) is 132 cm³/mol. The number of rotatable bonds is 7. The summed E-state index contributed by atoms with van der Waals surface area (Å²) in [6, 6.07) is 10.4. The summed E-state index contributed by atoms with van der Waals surface area (Å²) in [5.41, 5.74) is 3.01. The van der Waals surface area contributed by atoms with Crippen LogP contribution in [0, 0.1) is 11.8 Å². The molecule has 3 unspecified atom stereocenters. The van der Waals surface area contributed by atoms with E-state index in [1.807, 2.05) is 6.07 Å². The quantitative estimate of drug-likeness (QED) is 0.420. The standard InChI is InChI=1S/C25H26N8O3/c1-31(2)19(34)11-26-25-29-23-21(32(25)3)24(35)33(13-27-23)12-18-28-22(30-36-18)20-16-9-15(10-17(16)20)14-7-5-4-6-8-14/h4-9,13,16-17,20H,10-12H2,1-3H3,(H,26,29). The first-order valence-corrected chi connectivity index (χ1v) is 11.8. The second-order valence-electron chi connectivity index (χ2n) is 9.56. The number of carbonyl (C=O) groups is 1. The van der Waals surface area contributed by atoms with Crippen LogP contribution in [0.1, 0.15) is 29.6 Å². The third-order valence-corrected chi connectivity index (χ3v) is 7.07. The van der Waals surface area contributed by atoms with E-state index in [9.17, 15) is 9.59 Å². The van der Waals surface area contributed by atoms with E-state index in [0.29, 0.717) is 40.7 Å². The summed E-state index contributed by atoms with van der Waals surface area (Å²) in [7, 11) is 5.06. The molecule has 36 heavy (non-hydrogen) atoms. The second kappa shape index (κ2) is 8.43. The van der Waals surface area contributed by atoms with Crippen LogP contribution in [0.5, 0.6) is 0 Å². The highest BCUT2D eigenvalue weighted by Gasteiger charge is 2.55. The maximum atomic E-state index is 13.2. The lowest BCUT2D eigenvalue weighted by molar-refractivity contribution is -0.126. The normalized spacial score (nSPS) is 20.3. The summed E-state index contributed by atoms with van der Waals surface area (Å²) >= 11 is 0. The van der Waals surface area contributed by atoms with E-state index < -0.39 is 0 Å². The summed E-state index contributed by atoms with van der Waals surface area (Å²) in [4.78, 5) is 39.8. The number of nitrogens with zero attached hydrogens (tertiary/aromatic N) is 7. The molecule has 1 amide bonds. The number of imidazole rings is 1. The van der Waals surface area contributed by atoms with E-state index in [1.54, 1.807) is 25.7 Å². The van der Waals surface area contributed by atoms with Gasteiger partial charge in [0.1, 0.15) is 12.9 Å². The smallest absolute Gasteiger partial charge is 0.280 e. The first-order valence-electron chi connectivity index (χ1n) is 11.8. The Bertz CT molecular complexity index is 1550. The fraction of sp³-hybridized carbons (Fsp3) is 0.360. The molecule has 0 spiro atoms. The van der Waals surface area contributed by atoms with E-state index in [2.05, 4.69) is 55.8 Å². The second-order valence-corrected chi connectivity index (χ2v) is 9.56. The molecule has 0 bridgehead atoms. The molecule has 1 N–H and O–H groups in total. The Labute approximate surface area is 206 Å². The molecule has 184 valence electrons. The molecule has 11 nitrogen and oxygen atoms in total. The lowest BCUT2D eigenvalue weighted by atomic mass is 10.0. The molecular weight excluding hydrogens is 460 g/mol. The van der Waals surface area contributed by atoms with Crippen LogP contribution in [0.25, 0.3) is 16.7 Å². The van der Waals surface area contributed by atoms with E-state index in [1.165, 1.54) is 26.9 Å². The Morgan fingerprint density at radius 2 is 2.03 bits per heavy atom. The molecule has 0 radical (unpaired) electrons. The van der Waals surface area contributed by atoms with Crippen molar-refractivity contribution in [2.75, 3.05) is 26.0 Å². The van der Waals surface area contributed by atoms with Crippen molar-refractivity contribution in [3.05, 3.63) is 70.4 Å². The SMILES string of the molecule is CN(C)C(=O)CNc1nc2ncn(Cc3nc(C4C5C=C(c6ccccc6)CC54)no3)c(=O)c2n1C. The van der Waals surface area contributed by atoms with E-state index in [4.69, 9.17) is 4.52 Å². The van der Waals surface area contributed by atoms with Gasteiger partial charge in [0, 0.05) is 27.1 Å². The summed E-state index contributed by atoms with van der Waals surface area (Å²) in [5, 5.41) is 7.17. The number of carbonyl (C=O) groups excluding carboxylic acids is 1. The van der Waals surface area contributed by atoms with Crippen molar-refractivity contribution in [1.82, 2.24) is 34.1 Å². The third-order valence-electron chi connectivity index (χ3n) is 7.07. The Morgan fingerprint density at radius 1 is 1.22 bits per heavy atom. The molecule has 3 heterocycles. The summed E-state index contributed by atoms with van der Waals surface area (Å²) in [5.74, 6) is 2.56. The number of likely N-dealkylation sites (N-methyl/N-ethyl adjacent to an activating group) is 1. The van der Waals surface area contributed by atoms with Gasteiger partial charge >= 0.3 is 0 Å². The minimum absolute atomic E-state index is 0.0638. The molecule has 2 aliphatic rings. The largest absolute Gasteiger partial charge is 0.347 e. The van der Waals surface area contributed by atoms with E-state index >= 15 is 0 Å². The number of benzene rings is 1. The number of nitrogens with one attached hydrogen (secondary N) is 1. The van der Waals surface area contributed by atoms with Crippen LogP contribution in [0.15, 0.2) is 52.1 Å². The maximum Gasteiger partial charge on any atom is 0.280 e. The molecule has 1 saturated carbocycles. The summed E-state index contributed by atoms with van der Waals surface area (Å²) in [6.07, 6.45) is 4.78. The number of hydrogen-bond donors (Lipinski definition) is 1. The highest BCUT2D eigenvalue weighted by Crippen LogP contribution is 2.62. The molecule has 1 fully saturated rings. The van der Waals surface area contributed by atoms with Gasteiger partial charge in [-0.25, -0.2) is 4.98 Å². The topological polar surface area (TPSA) is 124 Å². The van der Waals surface area contributed by atoms with Crippen LogP contribution < -0.4 is 10.9 Å². The predicted octanol–water partition coefficient (Wildman–Crippen LogP) is 1.88. The monoisotopic (exact) mass is 486 g/mol. The number of allylic oxidation sites excluding steroid dienone is 2. The average Bonchev–Trinajstić information content (AvgIpc) is 3.25. The number of hydrogen-bond acceptors (Lipinski definition) is 8. The average molecular weight is 487 g/mol. The van der Waals surface area contributed by atoms with Crippen molar-refractivity contribution in [2.24, 2.45) is 18.9 Å². The van der Waals surface area contributed by atoms with Crippen LogP contribution in [-0.2, 0) is 18.4 Å². The van der Waals surface area contributed by atoms with Crippen LogP contribution in [0.3, 0.4) is 0 Å². The van der Waals surface area contributed by atoms with Gasteiger partial charge in [0.2, 0.25) is 17.7 Å². The fourth-order valence-corrected chi connectivity index (χ4v) is 5.00. The lowest BCUT2D eigenvalue weighted by Gasteiger charge is -2.11. The molecule has 1 aromatic carbocycles. The van der Waals surface area contributed by atoms with Gasteiger partial charge in [0.15, 0.2) is 17.0 Å². The van der Waals surface area contributed by atoms with E-state index in [0.717, 1.165) is 6.42 Å². The molecule has 4 aromatic rings. The molecule has 6 rings (SSSR count). The van der Waals surface area contributed by atoms with Crippen LogP contribution in [0.4, 0.5) is 5.95 Å². The molecule has 3 aromatic heterocycles. The molecule has 2 aliphatic carbocycles. The molecule has 11 heteroatoms. The van der Waals surface area contributed by atoms with Crippen LogP contribution >= 0.6 is 0 Å². The van der Waals surface area contributed by atoms with Crippen molar-refractivity contribution in [2.45, 2.75) is 18.9 Å². The first kappa shape index (κ1) is 22.2. The van der Waals surface area contributed by atoms with Crippen molar-refractivity contribution >= 4 is 28.6 Å². The van der Waals surface area contributed by atoms with E-state index in [-0.39, 0.29) is 30.5 Å². The Kier molecular flexibility index (Phi) is 5.20. The Hall–Kier alpha value is -4.28. The minimum atomic E-state index is -0.277. The van der Waals surface area contributed by atoms with Crippen molar-refractivity contribution in [1.29, 1.82) is 0 Å². The number of aromatic nitrogens is 6. The minimum Gasteiger partial charge on any atom is -0.347 e. The third kappa shape index (κ3) is 3.76. The van der Waals surface area contributed by atoms with Gasteiger partial charge in [0.25, 0.3) is 5.56 Å². The number of fused-ring (bicyclic) bond motifs is 2. The van der Waals surface area contributed by atoms with Crippen molar-refractivity contribution in [3.63, 3.8) is 0 Å². The Balaban J connectivity index is 1.17. The van der Waals surface area contributed by atoms with Gasteiger partial charge in [-0.3, -0.25) is 14.2 Å².